The number of rotatable bonds is 3. The second kappa shape index (κ2) is 4.18. The first-order valence-corrected chi connectivity index (χ1v) is 6.20. The molecule has 2 aromatic rings. The minimum Gasteiger partial charge on any atom is -0.370 e. The number of benzene rings is 1. The molecule has 3 rings (SSSR count). The molecule has 18 heavy (non-hydrogen) atoms. The molecule has 0 atom stereocenters. The molecule has 1 aromatic carbocycles. The number of Topliss-reactive ketones (excluding diaryl/α,β-unsaturated/α-hetero) is 1. The van der Waals surface area contributed by atoms with Crippen LogP contribution in [0.4, 0.5) is 0 Å². The third-order valence-electron chi connectivity index (χ3n) is 3.83. The Labute approximate surface area is 106 Å². The maximum atomic E-state index is 12.5. The minimum absolute atomic E-state index is 0.0991. The number of ketones is 1. The van der Waals surface area contributed by atoms with Gasteiger partial charge in [0, 0.05) is 24.3 Å². The zero-order valence-corrected chi connectivity index (χ0v) is 10.3. The van der Waals surface area contributed by atoms with Crippen molar-refractivity contribution in [3.05, 3.63) is 42.1 Å². The first-order valence-electron chi connectivity index (χ1n) is 6.20. The van der Waals surface area contributed by atoms with Crippen LogP contribution in [0.2, 0.25) is 0 Å². The highest BCUT2D eigenvalue weighted by atomic mass is 16.5. The lowest BCUT2D eigenvalue weighted by atomic mass is 9.74. The normalized spacial score (nSPS) is 17.4. The maximum absolute atomic E-state index is 12.5. The smallest absolute Gasteiger partial charge is 0.194 e. The van der Waals surface area contributed by atoms with Gasteiger partial charge in [-0.3, -0.25) is 9.78 Å². The van der Waals surface area contributed by atoms with Gasteiger partial charge in [-0.2, -0.15) is 0 Å². The van der Waals surface area contributed by atoms with E-state index in [0.717, 1.165) is 35.7 Å². The topological polar surface area (TPSA) is 39.2 Å². The summed E-state index contributed by atoms with van der Waals surface area (Å²) in [6.07, 6.45) is 4.47. The molecule has 1 aliphatic rings. The van der Waals surface area contributed by atoms with Gasteiger partial charge in [0.05, 0.1) is 5.52 Å². The van der Waals surface area contributed by atoms with E-state index in [2.05, 4.69) is 4.98 Å². The van der Waals surface area contributed by atoms with Gasteiger partial charge >= 0.3 is 0 Å². The number of methoxy groups -OCH3 is 1. The second-order valence-electron chi connectivity index (χ2n) is 4.79. The predicted octanol–water partition coefficient (Wildman–Crippen LogP) is 2.99. The molecular weight excluding hydrogens is 226 g/mol. The quantitative estimate of drug-likeness (QED) is 0.775. The molecule has 1 saturated carbocycles. The summed E-state index contributed by atoms with van der Waals surface area (Å²) in [4.78, 5) is 16.7. The van der Waals surface area contributed by atoms with Gasteiger partial charge in [-0.1, -0.05) is 6.07 Å². The average Bonchev–Trinajstić information content (AvgIpc) is 2.37. The van der Waals surface area contributed by atoms with Crippen molar-refractivity contribution in [1.29, 1.82) is 0 Å². The van der Waals surface area contributed by atoms with Crippen molar-refractivity contribution in [2.75, 3.05) is 7.11 Å². The van der Waals surface area contributed by atoms with Crippen LogP contribution >= 0.6 is 0 Å². The number of nitrogens with zero attached hydrogens (tertiary/aromatic N) is 1. The van der Waals surface area contributed by atoms with Gasteiger partial charge in [0.2, 0.25) is 0 Å². The first-order chi connectivity index (χ1) is 8.75. The van der Waals surface area contributed by atoms with Crippen LogP contribution in [0.3, 0.4) is 0 Å². The minimum atomic E-state index is -0.574. The molecule has 92 valence electrons. The van der Waals surface area contributed by atoms with Crippen LogP contribution < -0.4 is 0 Å². The Morgan fingerprint density at radius 3 is 2.83 bits per heavy atom. The lowest BCUT2D eigenvalue weighted by Crippen LogP contribution is -2.47. The van der Waals surface area contributed by atoms with E-state index in [1.165, 1.54) is 0 Å². The Kier molecular flexibility index (Phi) is 2.63. The van der Waals surface area contributed by atoms with E-state index < -0.39 is 5.60 Å². The Balaban J connectivity index is 2.01. The summed E-state index contributed by atoms with van der Waals surface area (Å²) in [5, 5.41) is 0.994. The molecule has 3 nitrogen and oxygen atoms in total. The van der Waals surface area contributed by atoms with Crippen molar-refractivity contribution < 1.29 is 9.53 Å². The van der Waals surface area contributed by atoms with E-state index in [9.17, 15) is 4.79 Å². The zero-order valence-electron chi connectivity index (χ0n) is 10.3. The fraction of sp³-hybridized carbons (Fsp3) is 0.333. The third kappa shape index (κ3) is 1.63. The van der Waals surface area contributed by atoms with Gasteiger partial charge in [0.1, 0.15) is 5.60 Å². The lowest BCUT2D eigenvalue weighted by molar-refractivity contribution is -0.0448. The summed E-state index contributed by atoms with van der Waals surface area (Å²) < 4.78 is 5.44. The fourth-order valence-corrected chi connectivity index (χ4v) is 2.50. The standard InChI is InChI=1S/C15H15NO2/c1-18-15(7-3-8-15)14(17)12-5-6-13-11(10-12)4-2-9-16-13/h2,4-6,9-10H,3,7-8H2,1H3. The number of hydrogen-bond acceptors (Lipinski definition) is 3. The van der Waals surface area contributed by atoms with E-state index in [0.29, 0.717) is 0 Å². The largest absolute Gasteiger partial charge is 0.370 e. The summed E-state index contributed by atoms with van der Waals surface area (Å²) in [7, 11) is 1.62. The van der Waals surface area contributed by atoms with Crippen LogP contribution in [0.1, 0.15) is 29.6 Å². The van der Waals surface area contributed by atoms with Crippen molar-refractivity contribution in [3.63, 3.8) is 0 Å². The van der Waals surface area contributed by atoms with Gasteiger partial charge in [-0.05, 0) is 43.5 Å². The van der Waals surface area contributed by atoms with Crippen molar-refractivity contribution >= 4 is 16.7 Å². The van der Waals surface area contributed by atoms with Crippen molar-refractivity contribution in [2.24, 2.45) is 0 Å². The van der Waals surface area contributed by atoms with Crippen LogP contribution in [0.25, 0.3) is 10.9 Å². The maximum Gasteiger partial charge on any atom is 0.194 e. The number of hydrogen-bond donors (Lipinski definition) is 0. The number of carbonyl (C=O) groups excluding carboxylic acids is 1. The third-order valence-corrected chi connectivity index (χ3v) is 3.83. The van der Waals surface area contributed by atoms with Crippen LogP contribution in [-0.4, -0.2) is 23.5 Å². The Morgan fingerprint density at radius 2 is 2.17 bits per heavy atom. The number of fused-ring (bicyclic) bond motifs is 1. The van der Waals surface area contributed by atoms with Crippen LogP contribution in [-0.2, 0) is 4.74 Å². The molecule has 1 aliphatic carbocycles. The van der Waals surface area contributed by atoms with E-state index in [1.54, 1.807) is 13.3 Å². The van der Waals surface area contributed by atoms with Crippen LogP contribution in [0.15, 0.2) is 36.5 Å². The van der Waals surface area contributed by atoms with Gasteiger partial charge in [-0.25, -0.2) is 0 Å². The van der Waals surface area contributed by atoms with Gasteiger partial charge in [0.15, 0.2) is 5.78 Å². The zero-order chi connectivity index (χ0) is 12.6. The van der Waals surface area contributed by atoms with Crippen LogP contribution in [0, 0.1) is 0 Å². The summed E-state index contributed by atoms with van der Waals surface area (Å²) in [5.41, 5.74) is 1.06. The molecule has 0 N–H and O–H groups in total. The predicted molar refractivity (Wildman–Crippen MR) is 69.7 cm³/mol. The van der Waals surface area contributed by atoms with E-state index >= 15 is 0 Å². The summed E-state index contributed by atoms with van der Waals surface area (Å²) >= 11 is 0. The molecule has 1 heterocycles. The highest BCUT2D eigenvalue weighted by Crippen LogP contribution is 2.38. The molecule has 0 bridgehead atoms. The second-order valence-corrected chi connectivity index (χ2v) is 4.79. The molecule has 0 aliphatic heterocycles. The average molecular weight is 241 g/mol. The van der Waals surface area contributed by atoms with E-state index in [4.69, 9.17) is 4.74 Å². The Morgan fingerprint density at radius 1 is 1.33 bits per heavy atom. The fourth-order valence-electron chi connectivity index (χ4n) is 2.50. The van der Waals surface area contributed by atoms with Gasteiger partial charge in [0.25, 0.3) is 0 Å². The molecule has 0 spiro atoms. The van der Waals surface area contributed by atoms with Crippen LogP contribution in [0.5, 0.6) is 0 Å². The molecule has 0 radical (unpaired) electrons. The van der Waals surface area contributed by atoms with E-state index in [-0.39, 0.29) is 5.78 Å². The Bertz CT molecular complexity index is 597. The number of pyridine rings is 1. The lowest BCUT2D eigenvalue weighted by Gasteiger charge is -2.38. The van der Waals surface area contributed by atoms with Crippen molar-refractivity contribution in [1.82, 2.24) is 4.98 Å². The molecule has 0 amide bonds. The molecule has 0 saturated heterocycles. The number of carbonyl (C=O) groups is 1. The van der Waals surface area contributed by atoms with E-state index in [1.807, 2.05) is 30.3 Å². The highest BCUT2D eigenvalue weighted by Gasteiger charge is 2.44. The van der Waals surface area contributed by atoms with Crippen molar-refractivity contribution in [3.8, 4) is 0 Å². The monoisotopic (exact) mass is 241 g/mol. The molecular formula is C15H15NO2. The van der Waals surface area contributed by atoms with Gasteiger partial charge in [-0.15, -0.1) is 0 Å². The number of ether oxygens (including phenoxy) is 1. The number of aromatic nitrogens is 1. The summed E-state index contributed by atoms with van der Waals surface area (Å²) in [6, 6.07) is 9.50. The molecule has 3 heteroatoms. The molecule has 1 aromatic heterocycles. The van der Waals surface area contributed by atoms with Crippen molar-refractivity contribution in [2.45, 2.75) is 24.9 Å². The van der Waals surface area contributed by atoms with Gasteiger partial charge < -0.3 is 4.74 Å². The summed E-state index contributed by atoms with van der Waals surface area (Å²) in [6.45, 7) is 0. The molecule has 1 fully saturated rings. The SMILES string of the molecule is COC1(C(=O)c2ccc3ncccc3c2)CCC1. The highest BCUT2D eigenvalue weighted by molar-refractivity contribution is 6.05. The first kappa shape index (κ1) is 11.4. The Hall–Kier alpha value is -1.74. The summed E-state index contributed by atoms with van der Waals surface area (Å²) in [5.74, 6) is 0.0991. The molecule has 0 unspecified atom stereocenters.